The van der Waals surface area contributed by atoms with Crippen LogP contribution >= 0.6 is 0 Å². The van der Waals surface area contributed by atoms with Gasteiger partial charge in [0.15, 0.2) is 0 Å². The first-order valence-corrected chi connectivity index (χ1v) is 8.12. The third kappa shape index (κ3) is 4.84. The van der Waals surface area contributed by atoms with Crippen LogP contribution < -0.4 is 4.90 Å². The third-order valence-corrected chi connectivity index (χ3v) is 4.55. The molecule has 1 saturated heterocycles. The fraction of sp³-hybridized carbons (Fsp3) is 0.562. The van der Waals surface area contributed by atoms with Gasteiger partial charge in [0.1, 0.15) is 5.69 Å². The number of carboxylic acid groups (broad SMARTS) is 1. The van der Waals surface area contributed by atoms with E-state index < -0.39 is 28.3 Å². The Balaban J connectivity index is 2.20. The summed E-state index contributed by atoms with van der Waals surface area (Å²) in [6.07, 6.45) is -2.70. The van der Waals surface area contributed by atoms with Gasteiger partial charge in [0.2, 0.25) is 0 Å². The van der Waals surface area contributed by atoms with Crippen molar-refractivity contribution in [1.82, 2.24) is 4.90 Å². The normalized spacial score (nSPS) is 18.7. The fourth-order valence-electron chi connectivity index (χ4n) is 3.22. The van der Waals surface area contributed by atoms with Crippen molar-refractivity contribution >= 4 is 17.3 Å². The number of nitro groups is 1. The Labute approximate surface area is 148 Å². The van der Waals surface area contributed by atoms with Crippen molar-refractivity contribution in [2.45, 2.75) is 31.5 Å². The third-order valence-electron chi connectivity index (χ3n) is 4.55. The molecule has 7 nitrogen and oxygen atoms in total. The van der Waals surface area contributed by atoms with Gasteiger partial charge in [-0.2, -0.15) is 13.2 Å². The van der Waals surface area contributed by atoms with E-state index in [-0.39, 0.29) is 18.3 Å². The summed E-state index contributed by atoms with van der Waals surface area (Å²) in [6, 6.07) is 2.56. The van der Waals surface area contributed by atoms with Crippen molar-refractivity contribution in [2.75, 3.05) is 31.6 Å². The minimum atomic E-state index is -4.65. The minimum absolute atomic E-state index is 0.00426. The van der Waals surface area contributed by atoms with Crippen molar-refractivity contribution in [3.63, 3.8) is 0 Å². The first-order valence-electron chi connectivity index (χ1n) is 8.12. The van der Waals surface area contributed by atoms with Crippen LogP contribution in [0.5, 0.6) is 0 Å². The van der Waals surface area contributed by atoms with Crippen molar-refractivity contribution in [2.24, 2.45) is 0 Å². The monoisotopic (exact) mass is 375 g/mol. The molecular weight excluding hydrogens is 355 g/mol. The minimum Gasteiger partial charge on any atom is -0.480 e. The highest BCUT2D eigenvalue weighted by atomic mass is 19.4. The molecule has 1 fully saturated rings. The number of nitro benzene ring substituents is 1. The molecule has 0 aromatic heterocycles. The number of carbonyl (C=O) groups is 1. The molecule has 0 amide bonds. The molecule has 1 aliphatic rings. The SMILES string of the molecule is CN(CC(=O)O)C1CCCN(c2ccc(C(F)(F)F)cc2[N+](=O)[O-])CC1. The largest absolute Gasteiger partial charge is 0.480 e. The zero-order valence-electron chi connectivity index (χ0n) is 14.2. The summed E-state index contributed by atoms with van der Waals surface area (Å²) in [5, 5.41) is 20.1. The number of hydrogen-bond acceptors (Lipinski definition) is 5. The van der Waals surface area contributed by atoms with Crippen LogP contribution in [0.4, 0.5) is 24.5 Å². The number of aliphatic carboxylic acids is 1. The molecule has 1 heterocycles. The lowest BCUT2D eigenvalue weighted by Crippen LogP contribution is -2.36. The zero-order valence-corrected chi connectivity index (χ0v) is 14.2. The number of alkyl halides is 3. The summed E-state index contributed by atoms with van der Waals surface area (Å²) in [6.45, 7) is 0.759. The summed E-state index contributed by atoms with van der Waals surface area (Å²) < 4.78 is 38.5. The molecule has 1 aromatic rings. The van der Waals surface area contributed by atoms with Gasteiger partial charge < -0.3 is 10.0 Å². The molecule has 0 saturated carbocycles. The second-order valence-electron chi connectivity index (χ2n) is 6.34. The number of anilines is 1. The van der Waals surface area contributed by atoms with Gasteiger partial charge in [0.25, 0.3) is 5.69 Å². The van der Waals surface area contributed by atoms with E-state index in [1.165, 1.54) is 0 Å². The van der Waals surface area contributed by atoms with E-state index in [4.69, 9.17) is 5.11 Å². The molecule has 0 aliphatic carbocycles. The van der Waals surface area contributed by atoms with Crippen LogP contribution in [0.3, 0.4) is 0 Å². The van der Waals surface area contributed by atoms with Crippen LogP contribution in [0.1, 0.15) is 24.8 Å². The molecule has 1 unspecified atom stereocenters. The Kier molecular flexibility index (Phi) is 6.06. The molecule has 10 heteroatoms. The molecule has 26 heavy (non-hydrogen) atoms. The number of benzene rings is 1. The topological polar surface area (TPSA) is 86.9 Å². The standard InChI is InChI=1S/C16H20F3N3O4/c1-20(10-15(23)24)12-3-2-7-21(8-6-12)13-5-4-11(16(17,18)19)9-14(13)22(25)26/h4-5,9,12H,2-3,6-8,10H2,1H3,(H,23,24). The van der Waals surface area contributed by atoms with Gasteiger partial charge in [-0.25, -0.2) is 0 Å². The van der Waals surface area contributed by atoms with Gasteiger partial charge in [0, 0.05) is 25.2 Å². The number of halogens is 3. The molecule has 1 aromatic carbocycles. The maximum absolute atomic E-state index is 12.8. The van der Waals surface area contributed by atoms with Crippen LogP contribution in [0.15, 0.2) is 18.2 Å². The van der Waals surface area contributed by atoms with Gasteiger partial charge >= 0.3 is 12.1 Å². The van der Waals surface area contributed by atoms with Gasteiger partial charge in [-0.15, -0.1) is 0 Å². The summed E-state index contributed by atoms with van der Waals surface area (Å²) in [4.78, 5) is 24.7. The summed E-state index contributed by atoms with van der Waals surface area (Å²) in [5.41, 5.74) is -1.47. The molecule has 1 atom stereocenters. The van der Waals surface area contributed by atoms with E-state index in [0.29, 0.717) is 38.4 Å². The van der Waals surface area contributed by atoms with Crippen LogP contribution in [0, 0.1) is 10.1 Å². The van der Waals surface area contributed by atoms with E-state index in [1.807, 2.05) is 0 Å². The molecular formula is C16H20F3N3O4. The summed E-state index contributed by atoms with van der Waals surface area (Å²) >= 11 is 0. The van der Waals surface area contributed by atoms with E-state index in [2.05, 4.69) is 0 Å². The van der Waals surface area contributed by atoms with Crippen LogP contribution in [0.2, 0.25) is 0 Å². The molecule has 1 N–H and O–H groups in total. The molecule has 1 aliphatic heterocycles. The first-order chi connectivity index (χ1) is 12.1. The highest BCUT2D eigenvalue weighted by Crippen LogP contribution is 2.37. The lowest BCUT2D eigenvalue weighted by Gasteiger charge is -2.26. The van der Waals surface area contributed by atoms with Crippen LogP contribution in [0.25, 0.3) is 0 Å². The Morgan fingerprint density at radius 2 is 2.08 bits per heavy atom. The van der Waals surface area contributed by atoms with E-state index in [9.17, 15) is 28.1 Å². The van der Waals surface area contributed by atoms with E-state index in [1.54, 1.807) is 16.8 Å². The average Bonchev–Trinajstić information content (AvgIpc) is 2.78. The Hall–Kier alpha value is -2.36. The van der Waals surface area contributed by atoms with E-state index in [0.717, 1.165) is 12.1 Å². The smallest absolute Gasteiger partial charge is 0.416 e. The average molecular weight is 375 g/mol. The second kappa shape index (κ2) is 7.90. The van der Waals surface area contributed by atoms with Crippen LogP contribution in [-0.4, -0.2) is 53.6 Å². The highest BCUT2D eigenvalue weighted by molar-refractivity contribution is 5.69. The van der Waals surface area contributed by atoms with Gasteiger partial charge in [-0.1, -0.05) is 0 Å². The lowest BCUT2D eigenvalue weighted by atomic mass is 10.1. The summed E-state index contributed by atoms with van der Waals surface area (Å²) in [5.74, 6) is -0.938. The second-order valence-corrected chi connectivity index (χ2v) is 6.34. The molecule has 0 radical (unpaired) electrons. The molecule has 0 bridgehead atoms. The Morgan fingerprint density at radius 1 is 1.38 bits per heavy atom. The number of rotatable bonds is 5. The maximum Gasteiger partial charge on any atom is 0.416 e. The van der Waals surface area contributed by atoms with Gasteiger partial charge in [0.05, 0.1) is 17.0 Å². The predicted octanol–water partition coefficient (Wildman–Crippen LogP) is 2.99. The fourth-order valence-corrected chi connectivity index (χ4v) is 3.22. The van der Waals surface area contributed by atoms with Crippen molar-refractivity contribution in [1.29, 1.82) is 0 Å². The Bertz CT molecular complexity index is 681. The van der Waals surface area contributed by atoms with Crippen LogP contribution in [-0.2, 0) is 11.0 Å². The van der Waals surface area contributed by atoms with Crippen molar-refractivity contribution in [3.05, 3.63) is 33.9 Å². The predicted molar refractivity (Wildman–Crippen MR) is 88.2 cm³/mol. The highest BCUT2D eigenvalue weighted by Gasteiger charge is 2.34. The maximum atomic E-state index is 12.8. The molecule has 144 valence electrons. The summed E-state index contributed by atoms with van der Waals surface area (Å²) in [7, 11) is 1.70. The zero-order chi connectivity index (χ0) is 19.5. The quantitative estimate of drug-likeness (QED) is 0.629. The molecule has 2 rings (SSSR count). The van der Waals surface area contributed by atoms with E-state index >= 15 is 0 Å². The first kappa shape index (κ1) is 20.0. The van der Waals surface area contributed by atoms with Gasteiger partial charge in [-0.05, 0) is 38.4 Å². The molecule has 0 spiro atoms. The number of nitrogens with zero attached hydrogens (tertiary/aromatic N) is 3. The van der Waals surface area contributed by atoms with Gasteiger partial charge in [-0.3, -0.25) is 19.8 Å². The lowest BCUT2D eigenvalue weighted by molar-refractivity contribution is -0.384. The van der Waals surface area contributed by atoms with Crippen molar-refractivity contribution in [3.8, 4) is 0 Å². The number of carboxylic acids is 1. The Morgan fingerprint density at radius 3 is 2.65 bits per heavy atom. The van der Waals surface area contributed by atoms with Crippen molar-refractivity contribution < 1.29 is 28.0 Å². The number of likely N-dealkylation sites (N-methyl/N-ethyl adjacent to an activating group) is 1. The number of hydrogen-bond donors (Lipinski definition) is 1.